The number of nitrogens with zero attached hydrogens (tertiary/aromatic N) is 6. The maximum atomic E-state index is 14.8. The molecular formula is C34H40N6O4S. The number of likely N-dealkylation sites (tertiary alicyclic amines) is 1. The van der Waals surface area contributed by atoms with Crippen LogP contribution in [0.4, 0.5) is 0 Å². The van der Waals surface area contributed by atoms with Crippen LogP contribution in [0.2, 0.25) is 0 Å². The number of carbonyl (C=O) groups is 3. The fraction of sp³-hybridized carbons (Fsp3) is 0.441. The Hall–Kier alpha value is -3.96. The highest BCUT2D eigenvalue weighted by Crippen LogP contribution is 2.69. The van der Waals surface area contributed by atoms with E-state index in [4.69, 9.17) is 0 Å². The molecule has 236 valence electrons. The Morgan fingerprint density at radius 2 is 1.78 bits per heavy atom. The second kappa shape index (κ2) is 12.4. The smallest absolute Gasteiger partial charge is 0.248 e. The minimum atomic E-state index is -0.864. The normalized spacial score (nSPS) is 27.4. The molecule has 45 heavy (non-hydrogen) atoms. The van der Waals surface area contributed by atoms with Crippen molar-refractivity contribution in [3.63, 3.8) is 0 Å². The van der Waals surface area contributed by atoms with Crippen LogP contribution >= 0.6 is 11.8 Å². The van der Waals surface area contributed by atoms with Crippen molar-refractivity contribution < 1.29 is 19.5 Å². The molecule has 7 atom stereocenters. The Balaban J connectivity index is 1.38. The summed E-state index contributed by atoms with van der Waals surface area (Å²) in [4.78, 5) is 48.8. The number of hydrogen-bond donors (Lipinski definition) is 1. The molecular weight excluding hydrogens is 588 g/mol. The molecule has 3 saturated heterocycles. The van der Waals surface area contributed by atoms with Gasteiger partial charge in [0, 0.05) is 24.9 Å². The van der Waals surface area contributed by atoms with Crippen LogP contribution in [0.15, 0.2) is 79.9 Å². The number of aliphatic hydroxyl groups excluding tert-OH is 1. The summed E-state index contributed by atoms with van der Waals surface area (Å²) in [7, 11) is 0. The summed E-state index contributed by atoms with van der Waals surface area (Å²) in [6, 6.07) is 15.9. The lowest BCUT2D eigenvalue weighted by atomic mass is 9.65. The fourth-order valence-corrected chi connectivity index (χ4v) is 10.1. The number of benzene rings is 2. The first kappa shape index (κ1) is 31.0. The van der Waals surface area contributed by atoms with E-state index in [9.17, 15) is 19.5 Å². The monoisotopic (exact) mass is 628 g/mol. The number of rotatable bonds is 12. The van der Waals surface area contributed by atoms with Crippen molar-refractivity contribution in [1.29, 1.82) is 0 Å². The fourth-order valence-electron chi connectivity index (χ4n) is 7.72. The number of carbonyl (C=O) groups excluding carboxylic acids is 3. The van der Waals surface area contributed by atoms with Gasteiger partial charge in [-0.3, -0.25) is 14.4 Å². The van der Waals surface area contributed by atoms with Crippen molar-refractivity contribution >= 4 is 40.5 Å². The van der Waals surface area contributed by atoms with Crippen LogP contribution in [0.3, 0.4) is 0 Å². The average Bonchev–Trinajstić information content (AvgIpc) is 3.77. The molecule has 4 heterocycles. The van der Waals surface area contributed by atoms with E-state index in [1.54, 1.807) is 50.2 Å². The van der Waals surface area contributed by atoms with Gasteiger partial charge in [-0.15, -0.1) is 30.0 Å². The number of thioether (sulfide) groups is 1. The van der Waals surface area contributed by atoms with Crippen molar-refractivity contribution in [3.8, 4) is 0 Å². The van der Waals surface area contributed by atoms with Crippen LogP contribution in [-0.4, -0.2) is 94.3 Å². The average molecular weight is 629 g/mol. The summed E-state index contributed by atoms with van der Waals surface area (Å²) < 4.78 is 0.854. The number of aliphatic hydroxyl groups is 1. The number of fused-ring (bicyclic) bond motifs is 2. The molecule has 11 heteroatoms. The highest BCUT2D eigenvalue weighted by molar-refractivity contribution is 8.02. The number of amides is 3. The Labute approximate surface area is 267 Å². The molecule has 0 aliphatic carbocycles. The first-order valence-corrected chi connectivity index (χ1v) is 16.4. The zero-order valence-electron chi connectivity index (χ0n) is 25.7. The standard InChI is InChI=1S/C34H40N6O4S/c1-5-16-37(19-24-12-8-7-9-13-24)31(42)28-27-18-22(3)34(45-27)29(28)32(43)40(23(4)20-41)30(34)33(44)38(17-6-2)21-39-26-15-11-10-14-25(26)35-36-39/h5-15,22-23,27-30,41H,1-2,16-21H2,3-4H3/t22?,23-,27+,28-,29+,30?,34?/m1/s1. The number of para-hydroxylation sites is 1. The molecule has 2 bridgehead atoms. The third-order valence-corrected chi connectivity index (χ3v) is 11.8. The van der Waals surface area contributed by atoms with Gasteiger partial charge in [0.2, 0.25) is 17.7 Å². The lowest BCUT2D eigenvalue weighted by Gasteiger charge is -2.41. The molecule has 3 unspecified atom stereocenters. The van der Waals surface area contributed by atoms with Crippen molar-refractivity contribution in [2.75, 3.05) is 19.7 Å². The Bertz CT molecular complexity index is 1610. The minimum absolute atomic E-state index is 0.00454. The van der Waals surface area contributed by atoms with Crippen LogP contribution in [0.5, 0.6) is 0 Å². The highest BCUT2D eigenvalue weighted by atomic mass is 32.2. The van der Waals surface area contributed by atoms with E-state index >= 15 is 0 Å². The van der Waals surface area contributed by atoms with Crippen LogP contribution in [0, 0.1) is 17.8 Å². The third-order valence-electron chi connectivity index (χ3n) is 9.71. The Morgan fingerprint density at radius 1 is 1.09 bits per heavy atom. The number of aromatic nitrogens is 3. The molecule has 1 N–H and O–H groups in total. The molecule has 3 fully saturated rings. The van der Waals surface area contributed by atoms with Crippen LogP contribution in [0.25, 0.3) is 11.0 Å². The Kier molecular flexibility index (Phi) is 8.58. The van der Waals surface area contributed by atoms with Gasteiger partial charge in [-0.1, -0.05) is 66.8 Å². The van der Waals surface area contributed by atoms with Crippen LogP contribution in [-0.2, 0) is 27.6 Å². The first-order valence-electron chi connectivity index (χ1n) is 15.5. The largest absolute Gasteiger partial charge is 0.394 e. The third kappa shape index (κ3) is 5.06. The molecule has 2 aromatic carbocycles. The van der Waals surface area contributed by atoms with Gasteiger partial charge < -0.3 is 19.8 Å². The van der Waals surface area contributed by atoms with E-state index in [2.05, 4.69) is 30.4 Å². The number of hydrogen-bond acceptors (Lipinski definition) is 7. The molecule has 10 nitrogen and oxygen atoms in total. The molecule has 1 spiro atoms. The van der Waals surface area contributed by atoms with Gasteiger partial charge in [0.05, 0.1) is 34.7 Å². The van der Waals surface area contributed by atoms with E-state index < -0.39 is 28.7 Å². The predicted octanol–water partition coefficient (Wildman–Crippen LogP) is 3.34. The lowest BCUT2D eigenvalue weighted by molar-refractivity contribution is -0.147. The summed E-state index contributed by atoms with van der Waals surface area (Å²) in [6.07, 6.45) is 4.09. The van der Waals surface area contributed by atoms with Gasteiger partial charge in [0.25, 0.3) is 0 Å². The van der Waals surface area contributed by atoms with E-state index in [0.29, 0.717) is 18.6 Å². The lowest BCUT2D eigenvalue weighted by Crippen LogP contribution is -2.59. The van der Waals surface area contributed by atoms with Crippen molar-refractivity contribution in [1.82, 2.24) is 29.7 Å². The van der Waals surface area contributed by atoms with Crippen molar-refractivity contribution in [2.24, 2.45) is 17.8 Å². The van der Waals surface area contributed by atoms with Crippen molar-refractivity contribution in [2.45, 2.75) is 55.6 Å². The molecule has 3 aliphatic heterocycles. The summed E-state index contributed by atoms with van der Waals surface area (Å²) in [5.41, 5.74) is 2.50. The second-order valence-corrected chi connectivity index (χ2v) is 13.9. The quantitative estimate of drug-likeness (QED) is 0.306. The van der Waals surface area contributed by atoms with E-state index in [0.717, 1.165) is 17.5 Å². The molecule has 1 aromatic heterocycles. The predicted molar refractivity (Wildman–Crippen MR) is 174 cm³/mol. The minimum Gasteiger partial charge on any atom is -0.394 e. The van der Waals surface area contributed by atoms with Gasteiger partial charge in [-0.05, 0) is 37.0 Å². The summed E-state index contributed by atoms with van der Waals surface area (Å²) in [5, 5.41) is 18.8. The second-order valence-electron chi connectivity index (χ2n) is 12.4. The van der Waals surface area contributed by atoms with Crippen molar-refractivity contribution in [3.05, 3.63) is 85.5 Å². The van der Waals surface area contributed by atoms with Gasteiger partial charge in [0.15, 0.2) is 0 Å². The molecule has 3 aliphatic rings. The van der Waals surface area contributed by atoms with E-state index in [-0.39, 0.29) is 48.7 Å². The zero-order chi connectivity index (χ0) is 31.9. The van der Waals surface area contributed by atoms with Crippen LogP contribution < -0.4 is 0 Å². The Morgan fingerprint density at radius 3 is 2.49 bits per heavy atom. The SMILES string of the molecule is C=CCN(Cn1nnc2ccccc21)C(=O)C1N([C@H](C)CO)C(=O)[C@@H]2[C@H](C(=O)N(CC=C)Cc3ccccc3)[C@@H]3CC(C)C12S3. The first-order chi connectivity index (χ1) is 21.8. The maximum absolute atomic E-state index is 14.8. The highest BCUT2D eigenvalue weighted by Gasteiger charge is 2.76. The molecule has 0 radical (unpaired) electrons. The van der Waals surface area contributed by atoms with Gasteiger partial charge in [-0.25, -0.2) is 4.68 Å². The summed E-state index contributed by atoms with van der Waals surface area (Å²) in [5.74, 6) is -1.85. The molecule has 3 aromatic rings. The molecule has 3 amide bonds. The molecule has 0 saturated carbocycles. The zero-order valence-corrected chi connectivity index (χ0v) is 26.6. The van der Waals surface area contributed by atoms with E-state index in [1.165, 1.54) is 0 Å². The van der Waals surface area contributed by atoms with Gasteiger partial charge >= 0.3 is 0 Å². The molecule has 6 rings (SSSR count). The van der Waals surface area contributed by atoms with Crippen LogP contribution in [0.1, 0.15) is 25.8 Å². The summed E-state index contributed by atoms with van der Waals surface area (Å²) >= 11 is 1.63. The van der Waals surface area contributed by atoms with Gasteiger partial charge in [0.1, 0.15) is 18.2 Å². The maximum Gasteiger partial charge on any atom is 0.248 e. The van der Waals surface area contributed by atoms with Gasteiger partial charge in [-0.2, -0.15) is 0 Å². The van der Waals surface area contributed by atoms with E-state index in [1.807, 2.05) is 54.6 Å². The summed E-state index contributed by atoms with van der Waals surface area (Å²) in [6.45, 7) is 12.4. The topological polar surface area (TPSA) is 112 Å².